The molecule has 0 heterocycles. The Balaban J connectivity index is 3.62. The summed E-state index contributed by atoms with van der Waals surface area (Å²) in [5, 5.41) is 9.69. The number of aliphatic hydroxyl groups excluding tert-OH is 1. The minimum atomic E-state index is -1.43. The zero-order chi connectivity index (χ0) is 19.1. The van der Waals surface area contributed by atoms with Crippen molar-refractivity contribution in [3.8, 4) is 0 Å². The molecule has 0 aromatic heterocycles. The molecule has 0 aliphatic heterocycles. The largest absolute Gasteiger partial charge is 0.466 e. The molecule has 0 aromatic carbocycles. The fourth-order valence-corrected chi connectivity index (χ4v) is 2.42. The molecule has 0 saturated carbocycles. The van der Waals surface area contributed by atoms with Crippen LogP contribution in [-0.2, 0) is 19.1 Å². The van der Waals surface area contributed by atoms with Gasteiger partial charge >= 0.3 is 11.9 Å². The Labute approximate surface area is 153 Å². The zero-order valence-corrected chi connectivity index (χ0v) is 16.6. The Morgan fingerprint density at radius 1 is 0.760 bits per heavy atom. The predicted molar refractivity (Wildman–Crippen MR) is 99.2 cm³/mol. The van der Waals surface area contributed by atoms with Crippen molar-refractivity contribution in [2.75, 3.05) is 13.2 Å². The van der Waals surface area contributed by atoms with Crippen LogP contribution in [0.3, 0.4) is 0 Å². The van der Waals surface area contributed by atoms with Crippen LogP contribution in [-0.4, -0.2) is 36.4 Å². The summed E-state index contributed by atoms with van der Waals surface area (Å²) in [6.45, 7) is 9.37. The predicted octanol–water partition coefficient (Wildman–Crippen LogP) is 4.26. The molecule has 1 atom stereocenters. The number of rotatable bonds is 15. The van der Waals surface area contributed by atoms with E-state index in [0.717, 1.165) is 38.5 Å². The molecule has 0 amide bonds. The van der Waals surface area contributed by atoms with E-state index in [1.165, 1.54) is 12.8 Å². The first kappa shape index (κ1) is 23.9. The van der Waals surface area contributed by atoms with Crippen LogP contribution in [0, 0.1) is 11.8 Å². The van der Waals surface area contributed by atoms with Crippen LogP contribution >= 0.6 is 0 Å². The van der Waals surface area contributed by atoms with Gasteiger partial charge < -0.3 is 14.6 Å². The number of aliphatic hydroxyl groups is 1. The first-order chi connectivity index (χ1) is 11.8. The molecule has 0 aliphatic carbocycles. The van der Waals surface area contributed by atoms with Crippen LogP contribution in [0.5, 0.6) is 0 Å². The molecular weight excluding hydrogens is 320 g/mol. The Morgan fingerprint density at radius 2 is 1.24 bits per heavy atom. The molecule has 0 spiro atoms. The highest BCUT2D eigenvalue weighted by Crippen LogP contribution is 2.09. The molecule has 1 N–H and O–H groups in total. The summed E-state index contributed by atoms with van der Waals surface area (Å²) in [6.07, 6.45) is 6.44. The van der Waals surface area contributed by atoms with Crippen molar-refractivity contribution in [1.82, 2.24) is 0 Å². The van der Waals surface area contributed by atoms with Crippen LogP contribution in [0.1, 0.15) is 85.5 Å². The second-order valence-corrected chi connectivity index (χ2v) is 7.59. The number of carbonyl (C=O) groups is 2. The summed E-state index contributed by atoms with van der Waals surface area (Å²) < 4.78 is 10.0. The average molecular weight is 359 g/mol. The van der Waals surface area contributed by atoms with Gasteiger partial charge in [0.05, 0.1) is 19.6 Å². The molecular formula is C20H38O5. The minimum Gasteiger partial charge on any atom is -0.466 e. The number of hydrogen-bond acceptors (Lipinski definition) is 5. The van der Waals surface area contributed by atoms with Crippen molar-refractivity contribution < 1.29 is 24.2 Å². The van der Waals surface area contributed by atoms with Gasteiger partial charge in [-0.2, -0.15) is 0 Å². The molecule has 148 valence electrons. The number of ether oxygens (including phenoxy) is 2. The van der Waals surface area contributed by atoms with Crippen molar-refractivity contribution in [3.05, 3.63) is 0 Å². The van der Waals surface area contributed by atoms with E-state index in [1.807, 2.05) is 0 Å². The highest BCUT2D eigenvalue weighted by Gasteiger charge is 2.21. The summed E-state index contributed by atoms with van der Waals surface area (Å²) in [5.74, 6) is 0.0903. The van der Waals surface area contributed by atoms with E-state index in [-0.39, 0.29) is 6.42 Å². The van der Waals surface area contributed by atoms with Gasteiger partial charge in [0.15, 0.2) is 6.10 Å². The number of hydrogen-bond donors (Lipinski definition) is 1. The monoisotopic (exact) mass is 358 g/mol. The lowest BCUT2D eigenvalue weighted by Crippen LogP contribution is -2.27. The van der Waals surface area contributed by atoms with Gasteiger partial charge in [-0.15, -0.1) is 0 Å². The molecule has 0 radical (unpaired) electrons. The van der Waals surface area contributed by atoms with Crippen LogP contribution in [0.25, 0.3) is 0 Å². The Hall–Kier alpha value is -1.10. The van der Waals surface area contributed by atoms with Crippen molar-refractivity contribution in [2.45, 2.75) is 91.6 Å². The van der Waals surface area contributed by atoms with Crippen molar-refractivity contribution in [3.63, 3.8) is 0 Å². The molecule has 0 rings (SSSR count). The second-order valence-electron chi connectivity index (χ2n) is 7.59. The van der Waals surface area contributed by atoms with Gasteiger partial charge in [0.1, 0.15) is 0 Å². The summed E-state index contributed by atoms with van der Waals surface area (Å²) >= 11 is 0. The molecule has 5 nitrogen and oxygen atoms in total. The fourth-order valence-electron chi connectivity index (χ4n) is 2.42. The van der Waals surface area contributed by atoms with E-state index >= 15 is 0 Å². The van der Waals surface area contributed by atoms with Crippen molar-refractivity contribution in [1.29, 1.82) is 0 Å². The van der Waals surface area contributed by atoms with Crippen LogP contribution < -0.4 is 0 Å². The maximum Gasteiger partial charge on any atom is 0.335 e. The molecule has 0 saturated heterocycles. The normalized spacial score (nSPS) is 12.4. The number of carbonyl (C=O) groups excluding carboxylic acids is 2. The van der Waals surface area contributed by atoms with E-state index < -0.39 is 18.0 Å². The number of unbranched alkanes of at least 4 members (excludes halogenated alkanes) is 4. The topological polar surface area (TPSA) is 72.8 Å². The lowest BCUT2D eigenvalue weighted by molar-refractivity contribution is -0.160. The van der Waals surface area contributed by atoms with Gasteiger partial charge in [0.2, 0.25) is 0 Å². The van der Waals surface area contributed by atoms with Gasteiger partial charge in [-0.25, -0.2) is 4.79 Å². The quantitative estimate of drug-likeness (QED) is 0.350. The zero-order valence-electron chi connectivity index (χ0n) is 16.6. The van der Waals surface area contributed by atoms with E-state index in [9.17, 15) is 14.7 Å². The SMILES string of the molecule is CC(C)CCCCCOC(=O)CC(O)C(=O)OCCCCCC(C)C. The fraction of sp³-hybridized carbons (Fsp3) is 0.900. The lowest BCUT2D eigenvalue weighted by atomic mass is 10.1. The van der Waals surface area contributed by atoms with Gasteiger partial charge in [-0.3, -0.25) is 4.79 Å². The number of esters is 2. The van der Waals surface area contributed by atoms with Gasteiger partial charge in [0.25, 0.3) is 0 Å². The van der Waals surface area contributed by atoms with E-state index in [0.29, 0.717) is 25.0 Å². The molecule has 0 aliphatic rings. The Morgan fingerprint density at radius 3 is 1.72 bits per heavy atom. The summed E-state index contributed by atoms with van der Waals surface area (Å²) in [6, 6.07) is 0. The molecule has 1 unspecified atom stereocenters. The minimum absolute atomic E-state index is 0.291. The van der Waals surface area contributed by atoms with Crippen LogP contribution in [0.4, 0.5) is 0 Å². The average Bonchev–Trinajstić information content (AvgIpc) is 2.53. The van der Waals surface area contributed by atoms with E-state index in [1.54, 1.807) is 0 Å². The van der Waals surface area contributed by atoms with E-state index in [2.05, 4.69) is 27.7 Å². The maximum absolute atomic E-state index is 11.6. The molecule has 0 bridgehead atoms. The standard InChI is InChI=1S/C20H38O5/c1-16(2)11-7-5-9-13-24-19(22)15-18(21)20(23)25-14-10-6-8-12-17(3)4/h16-18,21H,5-15H2,1-4H3. The third-order valence-electron chi connectivity index (χ3n) is 3.99. The molecule has 25 heavy (non-hydrogen) atoms. The van der Waals surface area contributed by atoms with Gasteiger partial charge in [0, 0.05) is 0 Å². The summed E-state index contributed by atoms with van der Waals surface area (Å²) in [4.78, 5) is 23.2. The van der Waals surface area contributed by atoms with Gasteiger partial charge in [-0.1, -0.05) is 66.2 Å². The molecule has 0 aromatic rings. The smallest absolute Gasteiger partial charge is 0.335 e. The van der Waals surface area contributed by atoms with Crippen LogP contribution in [0.2, 0.25) is 0 Å². The highest BCUT2D eigenvalue weighted by molar-refractivity contribution is 5.81. The van der Waals surface area contributed by atoms with Crippen molar-refractivity contribution in [2.24, 2.45) is 11.8 Å². The third kappa shape index (κ3) is 16.1. The second kappa shape index (κ2) is 15.2. The Kier molecular flexibility index (Phi) is 14.5. The van der Waals surface area contributed by atoms with Gasteiger partial charge in [-0.05, 0) is 24.7 Å². The Bertz CT molecular complexity index is 352. The van der Waals surface area contributed by atoms with E-state index in [4.69, 9.17) is 9.47 Å². The molecule has 0 fully saturated rings. The summed E-state index contributed by atoms with van der Waals surface area (Å²) in [5.41, 5.74) is 0. The third-order valence-corrected chi connectivity index (χ3v) is 3.99. The first-order valence-electron chi connectivity index (χ1n) is 9.83. The maximum atomic E-state index is 11.6. The lowest BCUT2D eigenvalue weighted by Gasteiger charge is -2.11. The van der Waals surface area contributed by atoms with Crippen LogP contribution in [0.15, 0.2) is 0 Å². The summed E-state index contributed by atoms with van der Waals surface area (Å²) in [7, 11) is 0. The first-order valence-corrected chi connectivity index (χ1v) is 9.83. The van der Waals surface area contributed by atoms with Crippen molar-refractivity contribution >= 4 is 11.9 Å². The highest BCUT2D eigenvalue weighted by atomic mass is 16.6. The molecule has 5 heteroatoms.